The monoisotopic (exact) mass is 457 g/mol. The highest BCUT2D eigenvalue weighted by Gasteiger charge is 2.40. The Kier molecular flexibility index (Phi) is 6.14. The van der Waals surface area contributed by atoms with E-state index in [9.17, 15) is 19.7 Å². The molecule has 34 heavy (non-hydrogen) atoms. The Balaban J connectivity index is 1.82. The van der Waals surface area contributed by atoms with Crippen LogP contribution in [-0.4, -0.2) is 23.3 Å². The SMILES string of the molecule is CCOc1cccc(NC2=C(c3ccc([N+](=O)[O-])cc3)C(=O)N(c3cc(C)cc(C)c3)C2=O)c1. The number of aryl methyl sites for hydroxylation is 2. The Morgan fingerprint density at radius 2 is 1.62 bits per heavy atom. The number of nitrogens with zero attached hydrogens (tertiary/aromatic N) is 2. The average molecular weight is 457 g/mol. The third-order valence-corrected chi connectivity index (χ3v) is 5.33. The Morgan fingerprint density at radius 1 is 0.941 bits per heavy atom. The van der Waals surface area contributed by atoms with Gasteiger partial charge in [-0.05, 0) is 73.9 Å². The van der Waals surface area contributed by atoms with Gasteiger partial charge in [-0.3, -0.25) is 19.7 Å². The molecule has 4 rings (SSSR count). The number of amides is 2. The van der Waals surface area contributed by atoms with Crippen LogP contribution in [-0.2, 0) is 9.59 Å². The zero-order valence-corrected chi connectivity index (χ0v) is 19.0. The lowest BCUT2D eigenvalue weighted by atomic mass is 10.0. The molecule has 8 nitrogen and oxygen atoms in total. The molecule has 0 aliphatic carbocycles. The molecule has 1 aliphatic rings. The number of carbonyl (C=O) groups excluding carboxylic acids is 2. The lowest BCUT2D eigenvalue weighted by Gasteiger charge is -2.17. The number of anilines is 2. The second-order valence-corrected chi connectivity index (χ2v) is 7.93. The van der Waals surface area contributed by atoms with Crippen LogP contribution in [0.15, 0.2) is 72.4 Å². The van der Waals surface area contributed by atoms with E-state index in [4.69, 9.17) is 4.74 Å². The third kappa shape index (κ3) is 4.38. The highest BCUT2D eigenvalue weighted by Crippen LogP contribution is 2.35. The Morgan fingerprint density at radius 3 is 2.24 bits per heavy atom. The molecule has 0 saturated carbocycles. The van der Waals surface area contributed by atoms with Crippen molar-refractivity contribution in [1.82, 2.24) is 0 Å². The molecule has 0 atom stereocenters. The molecule has 1 heterocycles. The zero-order valence-electron chi connectivity index (χ0n) is 19.0. The summed E-state index contributed by atoms with van der Waals surface area (Å²) in [5, 5.41) is 14.2. The van der Waals surface area contributed by atoms with Crippen LogP contribution in [0.3, 0.4) is 0 Å². The molecule has 0 saturated heterocycles. The number of nitro groups is 1. The fourth-order valence-electron chi connectivity index (χ4n) is 3.95. The molecule has 3 aromatic rings. The van der Waals surface area contributed by atoms with Crippen LogP contribution in [0.5, 0.6) is 5.75 Å². The van der Waals surface area contributed by atoms with Crippen LogP contribution < -0.4 is 15.0 Å². The van der Waals surface area contributed by atoms with Crippen molar-refractivity contribution in [2.45, 2.75) is 20.8 Å². The van der Waals surface area contributed by atoms with Crippen molar-refractivity contribution in [2.24, 2.45) is 0 Å². The van der Waals surface area contributed by atoms with Crippen molar-refractivity contribution < 1.29 is 19.2 Å². The van der Waals surface area contributed by atoms with E-state index in [0.29, 0.717) is 29.3 Å². The van der Waals surface area contributed by atoms with Gasteiger partial charge in [0, 0.05) is 23.9 Å². The van der Waals surface area contributed by atoms with Crippen molar-refractivity contribution in [3.8, 4) is 5.75 Å². The van der Waals surface area contributed by atoms with Gasteiger partial charge in [0.25, 0.3) is 17.5 Å². The van der Waals surface area contributed by atoms with E-state index in [2.05, 4.69) is 5.32 Å². The maximum Gasteiger partial charge on any atom is 0.282 e. The highest BCUT2D eigenvalue weighted by molar-refractivity contribution is 6.46. The molecule has 3 aromatic carbocycles. The summed E-state index contributed by atoms with van der Waals surface area (Å²) in [7, 11) is 0. The second kappa shape index (κ2) is 9.19. The molecule has 0 unspecified atom stereocenters. The van der Waals surface area contributed by atoms with Gasteiger partial charge in [0.2, 0.25) is 0 Å². The minimum atomic E-state index is -0.514. The maximum absolute atomic E-state index is 13.6. The molecule has 0 spiro atoms. The normalized spacial score (nSPS) is 13.4. The number of rotatable bonds is 7. The van der Waals surface area contributed by atoms with Crippen LogP contribution in [0.25, 0.3) is 5.57 Å². The summed E-state index contributed by atoms with van der Waals surface area (Å²) >= 11 is 0. The van der Waals surface area contributed by atoms with Gasteiger partial charge in [-0.15, -0.1) is 0 Å². The molecule has 172 valence electrons. The summed E-state index contributed by atoms with van der Waals surface area (Å²) in [6, 6.07) is 18.2. The van der Waals surface area contributed by atoms with Gasteiger partial charge < -0.3 is 10.1 Å². The number of ether oxygens (including phenoxy) is 1. The summed E-state index contributed by atoms with van der Waals surface area (Å²) < 4.78 is 5.54. The number of non-ortho nitro benzene ring substituents is 1. The molecule has 1 aliphatic heterocycles. The van der Waals surface area contributed by atoms with Crippen molar-refractivity contribution in [1.29, 1.82) is 0 Å². The topological polar surface area (TPSA) is 102 Å². The van der Waals surface area contributed by atoms with Crippen molar-refractivity contribution in [3.63, 3.8) is 0 Å². The van der Waals surface area contributed by atoms with Gasteiger partial charge in [0.1, 0.15) is 11.4 Å². The van der Waals surface area contributed by atoms with Crippen molar-refractivity contribution >= 4 is 34.4 Å². The van der Waals surface area contributed by atoms with E-state index >= 15 is 0 Å². The average Bonchev–Trinajstić information content (AvgIpc) is 3.03. The van der Waals surface area contributed by atoms with Crippen LogP contribution in [0, 0.1) is 24.0 Å². The number of benzene rings is 3. The van der Waals surface area contributed by atoms with Gasteiger partial charge in [0.05, 0.1) is 22.8 Å². The zero-order chi connectivity index (χ0) is 24.4. The minimum Gasteiger partial charge on any atom is -0.494 e. The summed E-state index contributed by atoms with van der Waals surface area (Å²) in [4.78, 5) is 38.8. The van der Waals surface area contributed by atoms with E-state index in [0.717, 1.165) is 16.0 Å². The molecule has 0 radical (unpaired) electrons. The predicted octanol–water partition coefficient (Wildman–Crippen LogP) is 5.01. The Labute approximate surface area is 196 Å². The largest absolute Gasteiger partial charge is 0.494 e. The molecule has 0 fully saturated rings. The van der Waals surface area contributed by atoms with Crippen molar-refractivity contribution in [3.05, 3.63) is 99.2 Å². The molecule has 1 N–H and O–H groups in total. The number of hydrogen-bond acceptors (Lipinski definition) is 6. The van der Waals surface area contributed by atoms with E-state index in [1.54, 1.807) is 36.4 Å². The fraction of sp³-hybridized carbons (Fsp3) is 0.154. The first-order chi connectivity index (χ1) is 16.3. The number of nitrogens with one attached hydrogen (secondary N) is 1. The summed E-state index contributed by atoms with van der Waals surface area (Å²) in [6.45, 7) is 6.14. The standard InChI is InChI=1S/C26H23N3O5/c1-4-34-22-7-5-6-19(15-22)27-24-23(18-8-10-20(11-9-18)29(32)33)25(30)28(26(24)31)21-13-16(2)12-17(3)14-21/h5-15,27H,4H2,1-3H3. The first-order valence-corrected chi connectivity index (χ1v) is 10.7. The van der Waals surface area contributed by atoms with Gasteiger partial charge in [-0.25, -0.2) is 4.90 Å². The molecular weight excluding hydrogens is 434 g/mol. The highest BCUT2D eigenvalue weighted by atomic mass is 16.6. The molecular formula is C26H23N3O5. The fourth-order valence-corrected chi connectivity index (χ4v) is 3.95. The first kappa shape index (κ1) is 22.7. The number of carbonyl (C=O) groups is 2. The number of nitro benzene ring substituents is 1. The van der Waals surface area contributed by atoms with Gasteiger partial charge >= 0.3 is 0 Å². The van der Waals surface area contributed by atoms with Crippen molar-refractivity contribution in [2.75, 3.05) is 16.8 Å². The lowest BCUT2D eigenvalue weighted by Crippen LogP contribution is -2.32. The maximum atomic E-state index is 13.6. The van der Waals surface area contributed by atoms with E-state index < -0.39 is 16.7 Å². The molecule has 0 bridgehead atoms. The Hall–Kier alpha value is -4.46. The Bertz CT molecular complexity index is 1310. The first-order valence-electron chi connectivity index (χ1n) is 10.7. The van der Waals surface area contributed by atoms with E-state index in [-0.39, 0.29) is 17.0 Å². The van der Waals surface area contributed by atoms with E-state index in [1.807, 2.05) is 26.8 Å². The predicted molar refractivity (Wildman–Crippen MR) is 130 cm³/mol. The number of hydrogen-bond donors (Lipinski definition) is 1. The minimum absolute atomic E-state index is 0.0895. The molecule has 8 heteroatoms. The van der Waals surface area contributed by atoms with Gasteiger partial charge in [0.15, 0.2) is 0 Å². The summed E-state index contributed by atoms with van der Waals surface area (Å²) in [5.74, 6) is -0.398. The van der Waals surface area contributed by atoms with Crippen LogP contribution >= 0.6 is 0 Å². The lowest BCUT2D eigenvalue weighted by molar-refractivity contribution is -0.384. The third-order valence-electron chi connectivity index (χ3n) is 5.33. The summed E-state index contributed by atoms with van der Waals surface area (Å²) in [6.07, 6.45) is 0. The van der Waals surface area contributed by atoms with E-state index in [1.165, 1.54) is 24.3 Å². The quantitative estimate of drug-likeness (QED) is 0.304. The molecule has 0 aromatic heterocycles. The second-order valence-electron chi connectivity index (χ2n) is 7.93. The smallest absolute Gasteiger partial charge is 0.282 e. The van der Waals surface area contributed by atoms with Gasteiger partial charge in [-0.2, -0.15) is 0 Å². The van der Waals surface area contributed by atoms with Crippen LogP contribution in [0.1, 0.15) is 23.6 Å². The van der Waals surface area contributed by atoms with Crippen LogP contribution in [0.4, 0.5) is 17.1 Å². The summed E-state index contributed by atoms with van der Waals surface area (Å²) in [5.41, 5.74) is 3.39. The van der Waals surface area contributed by atoms with Gasteiger partial charge in [-0.1, -0.05) is 12.1 Å². The molecule has 2 amide bonds. The van der Waals surface area contributed by atoms with Crippen LogP contribution in [0.2, 0.25) is 0 Å². The number of imide groups is 1.